The molecule has 1 fully saturated rings. The Kier molecular flexibility index (Phi) is 6.30. The van der Waals surface area contributed by atoms with Crippen molar-refractivity contribution < 1.29 is 14.3 Å². The summed E-state index contributed by atoms with van der Waals surface area (Å²) in [5, 5.41) is 2.54. The van der Waals surface area contributed by atoms with Gasteiger partial charge in [0, 0.05) is 31.9 Å². The molecule has 0 bridgehead atoms. The van der Waals surface area contributed by atoms with Gasteiger partial charge in [-0.1, -0.05) is 48.5 Å². The normalized spacial score (nSPS) is 14.0. The maximum absolute atomic E-state index is 12.3. The number of nitrogens with one attached hydrogen (secondary N) is 1. The monoisotopic (exact) mass is 367 g/mol. The number of aryl methyl sites for hydroxylation is 1. The quantitative estimate of drug-likeness (QED) is 0.882. The van der Waals surface area contributed by atoms with Gasteiger partial charge in [-0.3, -0.25) is 4.79 Å². The first kappa shape index (κ1) is 18.8. The van der Waals surface area contributed by atoms with E-state index in [2.05, 4.69) is 29.3 Å². The fourth-order valence-electron chi connectivity index (χ4n) is 3.15. The van der Waals surface area contributed by atoms with Crippen LogP contribution in [0.5, 0.6) is 0 Å². The topological polar surface area (TPSA) is 61.9 Å². The molecule has 6 heteroatoms. The molecule has 27 heavy (non-hydrogen) atoms. The zero-order valence-electron chi connectivity index (χ0n) is 15.6. The molecule has 1 heterocycles. The number of piperazine rings is 1. The third-order valence-electron chi connectivity index (χ3n) is 4.69. The van der Waals surface area contributed by atoms with E-state index in [-0.39, 0.29) is 19.1 Å². The van der Waals surface area contributed by atoms with E-state index in [9.17, 15) is 9.59 Å². The molecule has 0 radical (unpaired) electrons. The van der Waals surface area contributed by atoms with E-state index < -0.39 is 6.09 Å². The van der Waals surface area contributed by atoms with Crippen LogP contribution in [-0.2, 0) is 16.1 Å². The number of rotatable bonds is 5. The Morgan fingerprint density at radius 2 is 1.63 bits per heavy atom. The summed E-state index contributed by atoms with van der Waals surface area (Å²) in [6, 6.07) is 17.7. The molecule has 0 unspecified atom stereocenters. The Labute approximate surface area is 159 Å². The summed E-state index contributed by atoms with van der Waals surface area (Å²) in [6.45, 7) is 5.11. The van der Waals surface area contributed by atoms with Crippen LogP contribution in [0, 0.1) is 6.92 Å². The summed E-state index contributed by atoms with van der Waals surface area (Å²) < 4.78 is 5.12. The number of carbonyl (C=O) groups is 2. The van der Waals surface area contributed by atoms with Crippen LogP contribution in [0.25, 0.3) is 0 Å². The molecule has 0 aromatic heterocycles. The predicted molar refractivity (Wildman–Crippen MR) is 105 cm³/mol. The van der Waals surface area contributed by atoms with Crippen molar-refractivity contribution in [3.8, 4) is 0 Å². The van der Waals surface area contributed by atoms with Crippen molar-refractivity contribution in [1.29, 1.82) is 0 Å². The first-order valence-corrected chi connectivity index (χ1v) is 9.16. The summed E-state index contributed by atoms with van der Waals surface area (Å²) >= 11 is 0. The Bertz CT molecular complexity index is 771. The molecule has 142 valence electrons. The van der Waals surface area contributed by atoms with Crippen LogP contribution >= 0.6 is 0 Å². The van der Waals surface area contributed by atoms with Gasteiger partial charge in [0.1, 0.15) is 13.2 Å². The third kappa shape index (κ3) is 5.23. The van der Waals surface area contributed by atoms with Crippen LogP contribution in [-0.4, -0.2) is 49.6 Å². The molecule has 0 saturated carbocycles. The van der Waals surface area contributed by atoms with E-state index in [1.807, 2.05) is 42.5 Å². The van der Waals surface area contributed by atoms with Crippen LogP contribution in [0.1, 0.15) is 11.1 Å². The van der Waals surface area contributed by atoms with Gasteiger partial charge in [0.15, 0.2) is 0 Å². The first-order chi connectivity index (χ1) is 13.1. The van der Waals surface area contributed by atoms with Gasteiger partial charge in [-0.05, 0) is 24.1 Å². The van der Waals surface area contributed by atoms with Crippen molar-refractivity contribution in [3.63, 3.8) is 0 Å². The lowest BCUT2D eigenvalue weighted by Crippen LogP contribution is -2.51. The summed E-state index contributed by atoms with van der Waals surface area (Å²) in [5.74, 6) is -0.0869. The van der Waals surface area contributed by atoms with Gasteiger partial charge in [0.2, 0.25) is 5.91 Å². The molecule has 0 atom stereocenters. The van der Waals surface area contributed by atoms with Crippen molar-refractivity contribution in [2.75, 3.05) is 37.6 Å². The van der Waals surface area contributed by atoms with Crippen LogP contribution in [0.15, 0.2) is 54.6 Å². The zero-order chi connectivity index (χ0) is 19.1. The van der Waals surface area contributed by atoms with E-state index in [0.717, 1.165) is 18.7 Å². The highest BCUT2D eigenvalue weighted by Gasteiger charge is 2.22. The fraction of sp³-hybridized carbons (Fsp3) is 0.333. The van der Waals surface area contributed by atoms with E-state index in [1.165, 1.54) is 11.3 Å². The van der Waals surface area contributed by atoms with Crippen LogP contribution in [0.2, 0.25) is 0 Å². The summed E-state index contributed by atoms with van der Waals surface area (Å²) in [5.41, 5.74) is 3.36. The van der Waals surface area contributed by atoms with Gasteiger partial charge < -0.3 is 19.9 Å². The number of amides is 2. The van der Waals surface area contributed by atoms with Crippen molar-refractivity contribution in [3.05, 3.63) is 65.7 Å². The maximum Gasteiger partial charge on any atom is 0.407 e. The highest BCUT2D eigenvalue weighted by Crippen LogP contribution is 2.20. The SMILES string of the molecule is Cc1ccccc1N1CCN(C(=O)CNC(=O)OCc2ccccc2)CC1. The van der Waals surface area contributed by atoms with Crippen molar-refractivity contribution in [2.24, 2.45) is 0 Å². The number of hydrogen-bond acceptors (Lipinski definition) is 4. The van der Waals surface area contributed by atoms with E-state index in [1.54, 1.807) is 4.90 Å². The molecule has 6 nitrogen and oxygen atoms in total. The second-order valence-electron chi connectivity index (χ2n) is 6.57. The largest absolute Gasteiger partial charge is 0.445 e. The highest BCUT2D eigenvalue weighted by atomic mass is 16.5. The van der Waals surface area contributed by atoms with E-state index in [4.69, 9.17) is 4.74 Å². The lowest BCUT2D eigenvalue weighted by atomic mass is 10.1. The minimum atomic E-state index is -0.578. The average molecular weight is 367 g/mol. The maximum atomic E-state index is 12.3. The van der Waals surface area contributed by atoms with Crippen LogP contribution in [0.3, 0.4) is 0 Å². The van der Waals surface area contributed by atoms with Gasteiger partial charge in [-0.2, -0.15) is 0 Å². The number of carbonyl (C=O) groups excluding carboxylic acids is 2. The van der Waals surface area contributed by atoms with Crippen molar-refractivity contribution in [2.45, 2.75) is 13.5 Å². The predicted octanol–water partition coefficient (Wildman–Crippen LogP) is 2.57. The molecule has 2 aromatic carbocycles. The lowest BCUT2D eigenvalue weighted by Gasteiger charge is -2.36. The second kappa shape index (κ2) is 9.07. The van der Waals surface area contributed by atoms with Gasteiger partial charge in [-0.15, -0.1) is 0 Å². The number of benzene rings is 2. The number of hydrogen-bond donors (Lipinski definition) is 1. The van der Waals surface area contributed by atoms with E-state index >= 15 is 0 Å². The van der Waals surface area contributed by atoms with E-state index in [0.29, 0.717) is 13.1 Å². The smallest absolute Gasteiger partial charge is 0.407 e. The third-order valence-corrected chi connectivity index (χ3v) is 4.69. The number of nitrogens with zero attached hydrogens (tertiary/aromatic N) is 2. The van der Waals surface area contributed by atoms with Crippen LogP contribution < -0.4 is 10.2 Å². The molecule has 1 saturated heterocycles. The fourth-order valence-corrected chi connectivity index (χ4v) is 3.15. The average Bonchev–Trinajstić information content (AvgIpc) is 2.72. The van der Waals surface area contributed by atoms with Gasteiger partial charge in [-0.25, -0.2) is 4.79 Å². The first-order valence-electron chi connectivity index (χ1n) is 9.16. The van der Waals surface area contributed by atoms with Gasteiger partial charge in [0.25, 0.3) is 0 Å². The molecule has 0 spiro atoms. The Morgan fingerprint density at radius 3 is 2.33 bits per heavy atom. The zero-order valence-corrected chi connectivity index (χ0v) is 15.6. The highest BCUT2D eigenvalue weighted by molar-refractivity contribution is 5.82. The number of ether oxygens (including phenoxy) is 1. The molecule has 0 aliphatic carbocycles. The molecular formula is C21H25N3O3. The number of anilines is 1. The van der Waals surface area contributed by atoms with Crippen molar-refractivity contribution in [1.82, 2.24) is 10.2 Å². The number of alkyl carbamates (subject to hydrolysis) is 1. The molecular weight excluding hydrogens is 342 g/mol. The second-order valence-corrected chi connectivity index (χ2v) is 6.57. The Balaban J connectivity index is 1.39. The molecule has 1 aliphatic rings. The standard InChI is InChI=1S/C21H25N3O3/c1-17-7-5-6-10-19(17)23-11-13-24(14-12-23)20(25)15-22-21(26)27-16-18-8-3-2-4-9-18/h2-10H,11-16H2,1H3,(H,22,26). The Hall–Kier alpha value is -3.02. The van der Waals surface area contributed by atoms with Gasteiger partial charge in [0.05, 0.1) is 0 Å². The van der Waals surface area contributed by atoms with Crippen LogP contribution in [0.4, 0.5) is 10.5 Å². The lowest BCUT2D eigenvalue weighted by molar-refractivity contribution is -0.130. The molecule has 2 amide bonds. The molecule has 1 N–H and O–H groups in total. The summed E-state index contributed by atoms with van der Waals surface area (Å²) in [4.78, 5) is 28.2. The number of para-hydroxylation sites is 1. The minimum absolute atomic E-state index is 0.0437. The molecule has 3 rings (SSSR count). The van der Waals surface area contributed by atoms with Crippen molar-refractivity contribution >= 4 is 17.7 Å². The van der Waals surface area contributed by atoms with Gasteiger partial charge >= 0.3 is 6.09 Å². The molecule has 1 aliphatic heterocycles. The summed E-state index contributed by atoms with van der Waals surface area (Å²) in [6.07, 6.45) is -0.578. The summed E-state index contributed by atoms with van der Waals surface area (Å²) in [7, 11) is 0. The Morgan fingerprint density at radius 1 is 0.963 bits per heavy atom. The minimum Gasteiger partial charge on any atom is -0.445 e. The molecule has 2 aromatic rings.